The minimum atomic E-state index is -0.800. The first-order valence-corrected chi connectivity index (χ1v) is 22.1. The molecule has 0 aliphatic heterocycles. The summed E-state index contributed by atoms with van der Waals surface area (Å²) in [5, 5.41) is 10.1. The zero-order valence-electron chi connectivity index (χ0n) is 40.7. The van der Waals surface area contributed by atoms with Gasteiger partial charge in [0, 0.05) is 29.8 Å². The van der Waals surface area contributed by atoms with Gasteiger partial charge in [-0.3, -0.25) is 14.2 Å². The van der Waals surface area contributed by atoms with Gasteiger partial charge in [-0.1, -0.05) is 128 Å². The molecular formula is C52H81N3O4. The van der Waals surface area contributed by atoms with Gasteiger partial charge in [0.1, 0.15) is 17.4 Å². The third kappa shape index (κ3) is 12.1. The molecule has 4 atom stereocenters. The van der Waals surface area contributed by atoms with E-state index in [2.05, 4.69) is 151 Å². The topological polar surface area (TPSA) is 94.2 Å². The van der Waals surface area contributed by atoms with Crippen molar-refractivity contribution in [2.45, 2.75) is 169 Å². The average molecular weight is 812 g/mol. The Morgan fingerprint density at radius 3 is 1.98 bits per heavy atom. The van der Waals surface area contributed by atoms with Crippen LogP contribution in [-0.4, -0.2) is 35.0 Å². The van der Waals surface area contributed by atoms with Gasteiger partial charge in [-0.05, 0) is 109 Å². The fourth-order valence-corrected chi connectivity index (χ4v) is 8.70. The van der Waals surface area contributed by atoms with E-state index < -0.39 is 10.8 Å². The molecule has 0 N–H and O–H groups in total. The van der Waals surface area contributed by atoms with Crippen LogP contribution < -0.4 is 4.74 Å². The first-order chi connectivity index (χ1) is 27.2. The summed E-state index contributed by atoms with van der Waals surface area (Å²) in [6, 6.07) is 15.3. The normalized spacial score (nSPS) is 15.4. The average Bonchev–Trinajstić information content (AvgIpc) is 3.63. The number of benzene rings is 2. The number of esters is 1. The summed E-state index contributed by atoms with van der Waals surface area (Å²) in [4.78, 5) is 32.8. The maximum Gasteiger partial charge on any atom is 0.312 e. The van der Waals surface area contributed by atoms with E-state index in [0.29, 0.717) is 38.7 Å². The van der Waals surface area contributed by atoms with E-state index in [4.69, 9.17) is 14.5 Å². The second-order valence-electron chi connectivity index (χ2n) is 20.9. The van der Waals surface area contributed by atoms with E-state index in [1.54, 1.807) is 0 Å². The van der Waals surface area contributed by atoms with Gasteiger partial charge in [-0.2, -0.15) is 5.26 Å². The number of rotatable bonds is 18. The molecule has 0 spiro atoms. The standard InChI is InChI=1S/C50H75N3O4.C2H6/c1-18-48(13,14)40-23-20-19-22-39(40)43-52-25-26-53(43)42-34(2)28-38(29-35(42)3)57-27-21-24-41(54)49(15,33-47(11,12)31-37(32-51)45(5,6)7)36(4)30-50(16,44(55)56-17)46(8,9)10;1-2/h19-20,22-23,25-26,28-29,36-37H,18,21,24,27,30-31,33H2,1-17H3;1-2H3. The van der Waals surface area contributed by atoms with Crippen LogP contribution in [0.1, 0.15) is 166 Å². The molecule has 0 saturated carbocycles. The third-order valence-electron chi connectivity index (χ3n) is 13.5. The molecule has 0 aliphatic carbocycles. The number of aryl methyl sites for hydroxylation is 2. The molecule has 328 valence electrons. The lowest BCUT2D eigenvalue weighted by molar-refractivity contribution is -0.162. The Kier molecular flexibility index (Phi) is 17.4. The highest BCUT2D eigenvalue weighted by Gasteiger charge is 2.51. The predicted molar refractivity (Wildman–Crippen MR) is 246 cm³/mol. The van der Waals surface area contributed by atoms with Crippen molar-refractivity contribution in [1.82, 2.24) is 9.55 Å². The van der Waals surface area contributed by atoms with Gasteiger partial charge in [0.25, 0.3) is 0 Å². The summed E-state index contributed by atoms with van der Waals surface area (Å²) < 4.78 is 13.9. The van der Waals surface area contributed by atoms with E-state index >= 15 is 0 Å². The largest absolute Gasteiger partial charge is 0.494 e. The number of nitriles is 1. The number of nitrogens with zero attached hydrogens (tertiary/aromatic N) is 3. The minimum Gasteiger partial charge on any atom is -0.494 e. The number of hydrogen-bond donors (Lipinski definition) is 0. The van der Waals surface area contributed by atoms with E-state index in [1.165, 1.54) is 12.7 Å². The fraction of sp³-hybridized carbons (Fsp3) is 0.654. The lowest BCUT2D eigenvalue weighted by atomic mass is 9.56. The molecule has 1 heterocycles. The quantitative estimate of drug-likeness (QED) is 0.0938. The highest BCUT2D eigenvalue weighted by Crippen LogP contribution is 2.52. The Labute approximate surface area is 360 Å². The zero-order valence-corrected chi connectivity index (χ0v) is 40.7. The molecule has 2 aromatic carbocycles. The molecule has 4 unspecified atom stereocenters. The lowest BCUT2D eigenvalue weighted by Crippen LogP contribution is -2.47. The number of imidazole rings is 1. The summed E-state index contributed by atoms with van der Waals surface area (Å²) in [5.41, 5.74) is 3.24. The lowest BCUT2D eigenvalue weighted by Gasteiger charge is -2.47. The summed E-state index contributed by atoms with van der Waals surface area (Å²) in [6.45, 7) is 38.4. The molecule has 0 saturated heterocycles. The molecule has 7 heteroatoms. The second-order valence-corrected chi connectivity index (χ2v) is 20.9. The molecule has 0 amide bonds. The highest BCUT2D eigenvalue weighted by molar-refractivity contribution is 5.85. The first-order valence-electron chi connectivity index (χ1n) is 22.1. The van der Waals surface area contributed by atoms with Crippen LogP contribution in [0.4, 0.5) is 0 Å². The molecule has 0 bridgehead atoms. The molecule has 0 radical (unpaired) electrons. The summed E-state index contributed by atoms with van der Waals surface area (Å²) in [5.74, 6) is 1.31. The second kappa shape index (κ2) is 20.1. The molecule has 59 heavy (non-hydrogen) atoms. The Bertz CT molecular complexity index is 1880. The van der Waals surface area contributed by atoms with Gasteiger partial charge < -0.3 is 9.47 Å². The summed E-state index contributed by atoms with van der Waals surface area (Å²) in [6.07, 6.45) is 7.62. The van der Waals surface area contributed by atoms with Gasteiger partial charge in [-0.15, -0.1) is 0 Å². The molecule has 0 aliphatic rings. The Morgan fingerprint density at radius 2 is 1.47 bits per heavy atom. The maximum absolute atomic E-state index is 14.6. The predicted octanol–water partition coefficient (Wildman–Crippen LogP) is 13.8. The van der Waals surface area contributed by atoms with Crippen molar-refractivity contribution >= 4 is 11.8 Å². The van der Waals surface area contributed by atoms with E-state index in [-0.39, 0.29) is 45.2 Å². The van der Waals surface area contributed by atoms with Crippen LogP contribution in [0.2, 0.25) is 0 Å². The van der Waals surface area contributed by atoms with E-state index in [0.717, 1.165) is 40.4 Å². The third-order valence-corrected chi connectivity index (χ3v) is 13.5. The number of aromatic nitrogens is 2. The van der Waals surface area contributed by atoms with E-state index in [9.17, 15) is 14.9 Å². The van der Waals surface area contributed by atoms with Crippen LogP contribution in [0, 0.1) is 64.1 Å². The molecular weight excluding hydrogens is 731 g/mol. The van der Waals surface area contributed by atoms with Gasteiger partial charge in [-0.25, -0.2) is 4.98 Å². The number of methoxy groups -OCH3 is 1. The minimum absolute atomic E-state index is 0.00497. The fourth-order valence-electron chi connectivity index (χ4n) is 8.70. The van der Waals surface area contributed by atoms with Crippen molar-refractivity contribution in [2.24, 2.45) is 38.9 Å². The van der Waals surface area contributed by atoms with Gasteiger partial charge in [0.05, 0.1) is 36.8 Å². The molecule has 1 aromatic heterocycles. The van der Waals surface area contributed by atoms with Gasteiger partial charge in [0.15, 0.2) is 0 Å². The number of ether oxygens (including phenoxy) is 2. The number of hydrogen-bond acceptors (Lipinski definition) is 6. The van der Waals surface area contributed by atoms with E-state index in [1.807, 2.05) is 33.2 Å². The molecule has 7 nitrogen and oxygen atoms in total. The highest BCUT2D eigenvalue weighted by atomic mass is 16.5. The number of carbonyl (C=O) groups excluding carboxylic acids is 2. The van der Waals surface area contributed by atoms with Crippen LogP contribution in [0.3, 0.4) is 0 Å². The first kappa shape index (κ1) is 51.2. The van der Waals surface area contributed by atoms with Crippen LogP contribution >= 0.6 is 0 Å². The SMILES string of the molecule is CC.CCC(C)(C)c1ccccc1-c1nccn1-c1c(C)cc(OCCCC(=O)C(C)(CC(C)(C)CC(C#N)C(C)(C)C)C(C)CC(C)(C(=O)OC)C(C)(C)C)cc1C. The number of carbonyl (C=O) groups is 2. The van der Waals surface area contributed by atoms with Gasteiger partial charge >= 0.3 is 5.97 Å². The summed E-state index contributed by atoms with van der Waals surface area (Å²) >= 11 is 0. The van der Waals surface area contributed by atoms with Crippen molar-refractivity contribution in [3.05, 3.63) is 65.5 Å². The zero-order chi connectivity index (χ0) is 45.4. The molecule has 0 fully saturated rings. The number of ketones is 1. The smallest absolute Gasteiger partial charge is 0.312 e. The van der Waals surface area contributed by atoms with Gasteiger partial charge in [0.2, 0.25) is 0 Å². The Morgan fingerprint density at radius 1 is 0.898 bits per heavy atom. The summed E-state index contributed by atoms with van der Waals surface area (Å²) in [7, 11) is 1.44. The monoisotopic (exact) mass is 812 g/mol. The van der Waals surface area contributed by atoms with Crippen molar-refractivity contribution in [3.8, 4) is 28.9 Å². The van der Waals surface area contributed by atoms with Crippen LogP contribution in [0.15, 0.2) is 48.8 Å². The number of Topliss-reactive ketones (excluding diaryl/α,β-unsaturated/α-hetero) is 1. The maximum atomic E-state index is 14.6. The Hall–Kier alpha value is -3.92. The van der Waals surface area contributed by atoms with Crippen LogP contribution in [-0.2, 0) is 19.7 Å². The van der Waals surface area contributed by atoms with Crippen LogP contribution in [0.5, 0.6) is 5.75 Å². The van der Waals surface area contributed by atoms with Crippen molar-refractivity contribution < 1.29 is 19.1 Å². The van der Waals surface area contributed by atoms with Crippen molar-refractivity contribution in [2.75, 3.05) is 13.7 Å². The Balaban J connectivity index is 0.00000590. The molecule has 3 rings (SSSR count). The van der Waals surface area contributed by atoms with Crippen LogP contribution in [0.25, 0.3) is 17.1 Å². The van der Waals surface area contributed by atoms with Crippen molar-refractivity contribution in [3.63, 3.8) is 0 Å². The molecule has 3 aromatic rings. The van der Waals surface area contributed by atoms with Crippen molar-refractivity contribution in [1.29, 1.82) is 5.26 Å².